The number of rotatable bonds is 2. The Balaban J connectivity index is 2.50. The average molecular weight is 218 g/mol. The van der Waals surface area contributed by atoms with E-state index in [1.165, 1.54) is 10.8 Å². The van der Waals surface area contributed by atoms with Crippen LogP contribution in [0.4, 0.5) is 8.78 Å². The maximum atomic E-state index is 12.1. The maximum Gasteiger partial charge on any atom is 0.256 e. The zero-order chi connectivity index (χ0) is 10.1. The highest BCUT2D eigenvalue weighted by molar-refractivity contribution is 6.28. The van der Waals surface area contributed by atoms with Crippen molar-refractivity contribution in [1.29, 1.82) is 0 Å². The molecule has 0 saturated heterocycles. The van der Waals surface area contributed by atoms with Crippen LogP contribution in [0, 0.1) is 0 Å². The van der Waals surface area contributed by atoms with E-state index in [9.17, 15) is 8.78 Å². The SMILES string of the molecule is FC(F)Cn1ccc2cnc(Cl)nc21. The molecule has 0 unspecified atom stereocenters. The van der Waals surface area contributed by atoms with Gasteiger partial charge in [0.1, 0.15) is 5.65 Å². The predicted octanol–water partition coefficient (Wildman–Crippen LogP) is 2.35. The van der Waals surface area contributed by atoms with E-state index in [4.69, 9.17) is 11.6 Å². The number of alkyl halides is 2. The second kappa shape index (κ2) is 3.49. The van der Waals surface area contributed by atoms with E-state index in [-0.39, 0.29) is 11.8 Å². The lowest BCUT2D eigenvalue weighted by Gasteiger charge is -2.02. The Labute approximate surface area is 83.3 Å². The lowest BCUT2D eigenvalue weighted by atomic mass is 10.4. The monoisotopic (exact) mass is 217 g/mol. The highest BCUT2D eigenvalue weighted by atomic mass is 35.5. The first kappa shape index (κ1) is 9.33. The molecule has 0 aromatic carbocycles. The van der Waals surface area contributed by atoms with Gasteiger partial charge in [-0.1, -0.05) is 0 Å². The van der Waals surface area contributed by atoms with E-state index in [2.05, 4.69) is 9.97 Å². The summed E-state index contributed by atoms with van der Waals surface area (Å²) in [6, 6.07) is 1.67. The van der Waals surface area contributed by atoms with Crippen LogP contribution in [-0.2, 0) is 6.54 Å². The van der Waals surface area contributed by atoms with Crippen LogP contribution in [0.25, 0.3) is 11.0 Å². The third kappa shape index (κ3) is 1.68. The van der Waals surface area contributed by atoms with Gasteiger partial charge in [0.15, 0.2) is 0 Å². The van der Waals surface area contributed by atoms with Crippen molar-refractivity contribution in [2.45, 2.75) is 13.0 Å². The predicted molar refractivity (Wildman–Crippen MR) is 48.5 cm³/mol. The Kier molecular flexibility index (Phi) is 2.33. The van der Waals surface area contributed by atoms with Crippen molar-refractivity contribution in [3.8, 4) is 0 Å². The molecule has 0 N–H and O–H groups in total. The minimum Gasteiger partial charge on any atom is -0.327 e. The molecule has 0 amide bonds. The molecule has 0 atom stereocenters. The number of hydrogen-bond acceptors (Lipinski definition) is 2. The van der Waals surface area contributed by atoms with Gasteiger partial charge in [-0.2, -0.15) is 4.98 Å². The lowest BCUT2D eigenvalue weighted by molar-refractivity contribution is 0.128. The van der Waals surface area contributed by atoms with Crippen LogP contribution in [0.2, 0.25) is 5.28 Å². The normalized spacial score (nSPS) is 11.4. The fourth-order valence-corrected chi connectivity index (χ4v) is 1.37. The number of nitrogens with zero attached hydrogens (tertiary/aromatic N) is 3. The number of aromatic nitrogens is 3. The number of hydrogen-bond donors (Lipinski definition) is 0. The van der Waals surface area contributed by atoms with Crippen LogP contribution in [-0.4, -0.2) is 21.0 Å². The van der Waals surface area contributed by atoms with Crippen molar-refractivity contribution in [3.05, 3.63) is 23.7 Å². The molecule has 6 heteroatoms. The largest absolute Gasteiger partial charge is 0.327 e. The fourth-order valence-electron chi connectivity index (χ4n) is 1.25. The molecular formula is C8H6ClF2N3. The summed E-state index contributed by atoms with van der Waals surface area (Å²) in [4.78, 5) is 7.63. The Morgan fingerprint density at radius 2 is 2.29 bits per heavy atom. The van der Waals surface area contributed by atoms with Gasteiger partial charge in [-0.15, -0.1) is 0 Å². The Hall–Kier alpha value is -1.23. The van der Waals surface area contributed by atoms with E-state index in [0.29, 0.717) is 11.0 Å². The van der Waals surface area contributed by atoms with Crippen LogP contribution in [0.15, 0.2) is 18.5 Å². The van der Waals surface area contributed by atoms with Gasteiger partial charge in [0.2, 0.25) is 5.28 Å². The Morgan fingerprint density at radius 1 is 1.50 bits per heavy atom. The second-order valence-electron chi connectivity index (χ2n) is 2.78. The molecule has 0 aliphatic rings. The summed E-state index contributed by atoms with van der Waals surface area (Å²) in [6.07, 6.45) is 0.647. The summed E-state index contributed by atoms with van der Waals surface area (Å²) < 4.78 is 25.6. The van der Waals surface area contributed by atoms with Crippen molar-refractivity contribution >= 4 is 22.6 Å². The molecule has 14 heavy (non-hydrogen) atoms. The Bertz CT molecular complexity index is 455. The second-order valence-corrected chi connectivity index (χ2v) is 3.12. The molecule has 2 aromatic heterocycles. The summed E-state index contributed by atoms with van der Waals surface area (Å²) in [5, 5.41) is 0.766. The molecule has 0 fully saturated rings. The van der Waals surface area contributed by atoms with E-state index >= 15 is 0 Å². The molecule has 0 bridgehead atoms. The molecular weight excluding hydrogens is 212 g/mol. The van der Waals surface area contributed by atoms with Crippen molar-refractivity contribution in [2.75, 3.05) is 0 Å². The molecule has 3 nitrogen and oxygen atoms in total. The van der Waals surface area contributed by atoms with Crippen molar-refractivity contribution in [2.24, 2.45) is 0 Å². The van der Waals surface area contributed by atoms with Crippen LogP contribution < -0.4 is 0 Å². The number of halogens is 3. The fraction of sp³-hybridized carbons (Fsp3) is 0.250. The molecule has 0 aliphatic heterocycles. The first-order chi connectivity index (χ1) is 6.66. The van der Waals surface area contributed by atoms with Gasteiger partial charge < -0.3 is 4.57 Å². The topological polar surface area (TPSA) is 30.7 Å². The van der Waals surface area contributed by atoms with Gasteiger partial charge in [0.05, 0.1) is 6.54 Å². The van der Waals surface area contributed by atoms with Gasteiger partial charge in [-0.3, -0.25) is 0 Å². The van der Waals surface area contributed by atoms with Gasteiger partial charge in [0.25, 0.3) is 6.43 Å². The summed E-state index contributed by atoms with van der Waals surface area (Å²) in [7, 11) is 0. The third-order valence-corrected chi connectivity index (χ3v) is 1.99. The first-order valence-corrected chi connectivity index (χ1v) is 4.30. The van der Waals surface area contributed by atoms with Crippen LogP contribution in [0.5, 0.6) is 0 Å². The summed E-state index contributed by atoms with van der Waals surface area (Å²) in [5.74, 6) is 0. The molecule has 0 saturated carbocycles. The standard InChI is InChI=1S/C8H6ClF2N3/c9-8-12-3-5-1-2-14(4-6(10)11)7(5)13-8/h1-3,6H,4H2. The van der Waals surface area contributed by atoms with Crippen molar-refractivity contribution < 1.29 is 8.78 Å². The molecule has 2 aromatic rings. The van der Waals surface area contributed by atoms with E-state index < -0.39 is 6.43 Å². The molecule has 2 rings (SSSR count). The van der Waals surface area contributed by atoms with Gasteiger partial charge >= 0.3 is 0 Å². The summed E-state index contributed by atoms with van der Waals surface area (Å²) >= 11 is 5.56. The molecule has 2 heterocycles. The van der Waals surface area contributed by atoms with E-state index in [1.54, 1.807) is 12.3 Å². The zero-order valence-electron chi connectivity index (χ0n) is 6.99. The van der Waals surface area contributed by atoms with Crippen molar-refractivity contribution in [1.82, 2.24) is 14.5 Å². The summed E-state index contributed by atoms with van der Waals surface area (Å²) in [6.45, 7) is -0.378. The van der Waals surface area contributed by atoms with Crippen LogP contribution >= 0.6 is 11.6 Å². The molecule has 0 spiro atoms. The first-order valence-electron chi connectivity index (χ1n) is 3.92. The lowest BCUT2D eigenvalue weighted by Crippen LogP contribution is -2.05. The van der Waals surface area contributed by atoms with Gasteiger partial charge in [0, 0.05) is 17.8 Å². The highest BCUT2D eigenvalue weighted by Gasteiger charge is 2.08. The van der Waals surface area contributed by atoms with E-state index in [0.717, 1.165) is 0 Å². The van der Waals surface area contributed by atoms with Crippen LogP contribution in [0.1, 0.15) is 0 Å². The average Bonchev–Trinajstić information content (AvgIpc) is 2.47. The molecule has 0 radical (unpaired) electrons. The molecule has 74 valence electrons. The van der Waals surface area contributed by atoms with Gasteiger partial charge in [-0.25, -0.2) is 13.8 Å². The zero-order valence-corrected chi connectivity index (χ0v) is 7.75. The van der Waals surface area contributed by atoms with Gasteiger partial charge in [-0.05, 0) is 17.7 Å². The van der Waals surface area contributed by atoms with Crippen molar-refractivity contribution in [3.63, 3.8) is 0 Å². The smallest absolute Gasteiger partial charge is 0.256 e. The summed E-state index contributed by atoms with van der Waals surface area (Å²) in [5.41, 5.74) is 0.435. The van der Waals surface area contributed by atoms with Crippen LogP contribution in [0.3, 0.4) is 0 Å². The Morgan fingerprint density at radius 3 is 3.00 bits per heavy atom. The number of fused-ring (bicyclic) bond motifs is 1. The third-order valence-electron chi connectivity index (χ3n) is 1.81. The maximum absolute atomic E-state index is 12.1. The minimum atomic E-state index is -2.40. The quantitative estimate of drug-likeness (QED) is 0.723. The minimum absolute atomic E-state index is 0.0618. The van der Waals surface area contributed by atoms with E-state index in [1.807, 2.05) is 0 Å². The highest BCUT2D eigenvalue weighted by Crippen LogP contribution is 2.15. The molecule has 0 aliphatic carbocycles.